The van der Waals surface area contributed by atoms with E-state index in [4.69, 9.17) is 13.8 Å². The number of nitrogens with zero attached hydrogens (tertiary/aromatic N) is 2. The van der Waals surface area contributed by atoms with Gasteiger partial charge in [-0.1, -0.05) is 54.6 Å². The second-order valence-corrected chi connectivity index (χ2v) is 8.46. The van der Waals surface area contributed by atoms with E-state index in [0.717, 1.165) is 55.7 Å². The molecule has 2 heterocycles. The zero-order valence-electron chi connectivity index (χ0n) is 18.8. The molecule has 0 amide bonds. The quantitative estimate of drug-likeness (QED) is 0.267. The molecular formula is C31H20N2O2. The molecule has 166 valence electrons. The van der Waals surface area contributed by atoms with Crippen LogP contribution in [0, 0.1) is 0 Å². The number of para-hydroxylation sites is 2. The predicted octanol–water partition coefficient (Wildman–Crippen LogP) is 8.86. The lowest BCUT2D eigenvalue weighted by atomic mass is 10.1. The summed E-state index contributed by atoms with van der Waals surface area (Å²) in [4.78, 5) is 7.08. The van der Waals surface area contributed by atoms with Gasteiger partial charge in [0.2, 0.25) is 5.89 Å². The Kier molecular flexibility index (Phi) is 4.42. The highest BCUT2D eigenvalue weighted by Gasteiger charge is 2.18. The van der Waals surface area contributed by atoms with Gasteiger partial charge in [0.25, 0.3) is 0 Å². The van der Waals surface area contributed by atoms with E-state index in [1.807, 2.05) is 54.6 Å². The van der Waals surface area contributed by atoms with Crippen LogP contribution in [-0.2, 0) is 0 Å². The van der Waals surface area contributed by atoms with E-state index >= 15 is 0 Å². The summed E-state index contributed by atoms with van der Waals surface area (Å²) in [7, 11) is 0. The van der Waals surface area contributed by atoms with Crippen LogP contribution >= 0.6 is 0 Å². The molecule has 0 aliphatic heterocycles. The van der Waals surface area contributed by atoms with Gasteiger partial charge in [-0.25, -0.2) is 4.98 Å². The third-order valence-electron chi connectivity index (χ3n) is 6.28. The molecule has 2 aromatic heterocycles. The van der Waals surface area contributed by atoms with Crippen LogP contribution in [0.4, 0.5) is 17.1 Å². The molecule has 7 aromatic rings. The van der Waals surface area contributed by atoms with Gasteiger partial charge in [0.05, 0.1) is 5.39 Å². The molecule has 0 atom stereocenters. The molecule has 0 spiro atoms. The summed E-state index contributed by atoms with van der Waals surface area (Å²) in [6, 6.07) is 40.9. The average molecular weight is 453 g/mol. The minimum absolute atomic E-state index is 0.610. The lowest BCUT2D eigenvalue weighted by Crippen LogP contribution is -2.09. The number of anilines is 3. The molecule has 35 heavy (non-hydrogen) atoms. The number of fused-ring (bicyclic) bond motifs is 5. The van der Waals surface area contributed by atoms with Crippen LogP contribution in [0.5, 0.6) is 0 Å². The highest BCUT2D eigenvalue weighted by molar-refractivity contribution is 6.17. The van der Waals surface area contributed by atoms with Crippen LogP contribution in [0.3, 0.4) is 0 Å². The van der Waals surface area contributed by atoms with Crippen LogP contribution in [-0.4, -0.2) is 4.98 Å². The van der Waals surface area contributed by atoms with Gasteiger partial charge in [0.15, 0.2) is 5.58 Å². The van der Waals surface area contributed by atoms with E-state index in [9.17, 15) is 0 Å². The maximum atomic E-state index is 6.33. The molecular weight excluding hydrogens is 432 g/mol. The van der Waals surface area contributed by atoms with Crippen molar-refractivity contribution in [3.05, 3.63) is 121 Å². The van der Waals surface area contributed by atoms with Crippen molar-refractivity contribution >= 4 is 50.1 Å². The number of benzene rings is 5. The fraction of sp³-hybridized carbons (Fsp3) is 0. The van der Waals surface area contributed by atoms with Crippen molar-refractivity contribution in [2.45, 2.75) is 0 Å². The average Bonchev–Trinajstić information content (AvgIpc) is 3.52. The molecule has 0 bridgehead atoms. The van der Waals surface area contributed by atoms with Gasteiger partial charge in [-0.05, 0) is 60.7 Å². The molecule has 4 heteroatoms. The Balaban J connectivity index is 1.42. The van der Waals surface area contributed by atoms with Crippen LogP contribution in [0.1, 0.15) is 0 Å². The first-order valence-corrected chi connectivity index (χ1v) is 11.6. The highest BCUT2D eigenvalue weighted by Crippen LogP contribution is 2.40. The Labute approximate surface area is 201 Å². The lowest BCUT2D eigenvalue weighted by molar-refractivity contribution is 0.619. The van der Waals surface area contributed by atoms with Crippen molar-refractivity contribution in [3.63, 3.8) is 0 Å². The van der Waals surface area contributed by atoms with Crippen LogP contribution in [0.25, 0.3) is 44.5 Å². The minimum Gasteiger partial charge on any atom is -0.456 e. The van der Waals surface area contributed by atoms with Gasteiger partial charge >= 0.3 is 0 Å². The Hall–Kier alpha value is -4.83. The third-order valence-corrected chi connectivity index (χ3v) is 6.28. The first-order valence-electron chi connectivity index (χ1n) is 11.6. The first-order chi connectivity index (χ1) is 17.3. The van der Waals surface area contributed by atoms with E-state index in [-0.39, 0.29) is 0 Å². The number of hydrogen-bond donors (Lipinski definition) is 0. The zero-order chi connectivity index (χ0) is 23.2. The SMILES string of the molecule is c1ccc(-c2nc3c(ccc4oc5cc(N(c6ccccc6)c6ccccc6)ccc5c43)o2)cc1. The van der Waals surface area contributed by atoms with Crippen molar-refractivity contribution in [1.29, 1.82) is 0 Å². The van der Waals surface area contributed by atoms with E-state index in [0.29, 0.717) is 5.89 Å². The number of furan rings is 1. The summed E-state index contributed by atoms with van der Waals surface area (Å²) in [6.45, 7) is 0. The maximum absolute atomic E-state index is 6.33. The van der Waals surface area contributed by atoms with Gasteiger partial charge in [0.1, 0.15) is 16.7 Å². The van der Waals surface area contributed by atoms with Crippen LogP contribution in [0.15, 0.2) is 130 Å². The summed E-state index contributed by atoms with van der Waals surface area (Å²) in [5.41, 5.74) is 7.31. The van der Waals surface area contributed by atoms with E-state index in [1.165, 1.54) is 0 Å². The lowest BCUT2D eigenvalue weighted by Gasteiger charge is -2.25. The van der Waals surface area contributed by atoms with Crippen molar-refractivity contribution in [3.8, 4) is 11.5 Å². The zero-order valence-corrected chi connectivity index (χ0v) is 18.8. The Morgan fingerprint density at radius 3 is 1.83 bits per heavy atom. The Morgan fingerprint density at radius 2 is 1.14 bits per heavy atom. The molecule has 5 aromatic carbocycles. The fourth-order valence-electron chi connectivity index (χ4n) is 4.69. The summed E-state index contributed by atoms with van der Waals surface area (Å²) in [6.07, 6.45) is 0. The Morgan fingerprint density at radius 1 is 0.514 bits per heavy atom. The van der Waals surface area contributed by atoms with E-state index in [1.54, 1.807) is 0 Å². The van der Waals surface area contributed by atoms with Gasteiger partial charge in [-0.2, -0.15) is 0 Å². The van der Waals surface area contributed by atoms with Crippen molar-refractivity contribution in [2.75, 3.05) is 4.90 Å². The monoisotopic (exact) mass is 452 g/mol. The molecule has 0 aliphatic carbocycles. The highest BCUT2D eigenvalue weighted by atomic mass is 16.4. The second-order valence-electron chi connectivity index (χ2n) is 8.46. The summed E-state index contributed by atoms with van der Waals surface area (Å²) >= 11 is 0. The van der Waals surface area contributed by atoms with Crippen LogP contribution in [0.2, 0.25) is 0 Å². The molecule has 0 unspecified atom stereocenters. The molecule has 0 fully saturated rings. The normalized spacial score (nSPS) is 11.4. The number of hydrogen-bond acceptors (Lipinski definition) is 4. The van der Waals surface area contributed by atoms with Crippen molar-refractivity contribution in [1.82, 2.24) is 4.98 Å². The fourth-order valence-corrected chi connectivity index (χ4v) is 4.69. The van der Waals surface area contributed by atoms with E-state index in [2.05, 4.69) is 71.6 Å². The summed E-state index contributed by atoms with van der Waals surface area (Å²) in [5, 5.41) is 1.99. The van der Waals surface area contributed by atoms with Gasteiger partial charge < -0.3 is 13.7 Å². The van der Waals surface area contributed by atoms with Crippen molar-refractivity contribution < 1.29 is 8.83 Å². The summed E-state index contributed by atoms with van der Waals surface area (Å²) in [5.74, 6) is 0.610. The summed E-state index contributed by atoms with van der Waals surface area (Å²) < 4.78 is 12.4. The molecule has 7 rings (SSSR count). The van der Waals surface area contributed by atoms with Gasteiger partial charge in [0, 0.05) is 34.1 Å². The van der Waals surface area contributed by atoms with Gasteiger partial charge in [-0.15, -0.1) is 0 Å². The predicted molar refractivity (Wildman–Crippen MR) is 141 cm³/mol. The number of oxazole rings is 1. The first kappa shape index (κ1) is 19.6. The van der Waals surface area contributed by atoms with E-state index < -0.39 is 0 Å². The molecule has 4 nitrogen and oxygen atoms in total. The third kappa shape index (κ3) is 3.27. The smallest absolute Gasteiger partial charge is 0.227 e. The van der Waals surface area contributed by atoms with Crippen LogP contribution < -0.4 is 4.90 Å². The maximum Gasteiger partial charge on any atom is 0.227 e. The standard InChI is InChI=1S/C31H20N2O2/c1-4-10-21(11-5-1)31-32-30-27(35-31)19-18-26-29(30)25-17-16-24(20-28(25)34-26)33(22-12-6-2-7-13-22)23-14-8-3-9-15-23/h1-20H. The van der Waals surface area contributed by atoms with Crippen molar-refractivity contribution in [2.24, 2.45) is 0 Å². The molecule has 0 aliphatic rings. The Bertz CT molecular complexity index is 1750. The van der Waals surface area contributed by atoms with Gasteiger partial charge in [-0.3, -0.25) is 0 Å². The number of rotatable bonds is 4. The minimum atomic E-state index is 0.610. The molecule has 0 N–H and O–H groups in total. The molecule has 0 radical (unpaired) electrons. The largest absolute Gasteiger partial charge is 0.456 e. The molecule has 0 saturated heterocycles. The topological polar surface area (TPSA) is 42.4 Å². The molecule has 0 saturated carbocycles. The second kappa shape index (κ2) is 7.89. The number of aromatic nitrogens is 1.